The Morgan fingerprint density at radius 3 is 2.87 bits per heavy atom. The van der Waals surface area contributed by atoms with Crippen LogP contribution in [0.5, 0.6) is 0 Å². The third kappa shape index (κ3) is 1.35. The largest absolute Gasteiger partial charge is 0.344 e. The average Bonchev–Trinajstić information content (AvgIpc) is 3.01. The van der Waals surface area contributed by atoms with Gasteiger partial charge in [-0.15, -0.1) is 0 Å². The number of nitrogens with two attached hydrogens (primary N) is 1. The molecule has 1 fully saturated rings. The standard InChI is InChI=1S/C12H13FN2/c13-9-1-4-12-11(5-9)8(6-14)7-15(12)10-2-3-10/h1,4-5,7,10H,2-3,6,14H2. The number of halogens is 1. The third-order valence-electron chi connectivity index (χ3n) is 3.04. The highest BCUT2D eigenvalue weighted by Crippen LogP contribution is 2.38. The van der Waals surface area contributed by atoms with E-state index in [-0.39, 0.29) is 5.82 Å². The first-order chi connectivity index (χ1) is 7.29. The Morgan fingerprint density at radius 1 is 1.40 bits per heavy atom. The second kappa shape index (κ2) is 3.07. The van der Waals surface area contributed by atoms with Crippen LogP contribution in [0.3, 0.4) is 0 Å². The van der Waals surface area contributed by atoms with Gasteiger partial charge in [0.1, 0.15) is 5.82 Å². The Hall–Kier alpha value is -1.35. The zero-order valence-corrected chi connectivity index (χ0v) is 8.41. The van der Waals surface area contributed by atoms with Gasteiger partial charge in [0.2, 0.25) is 0 Å². The quantitative estimate of drug-likeness (QED) is 0.800. The van der Waals surface area contributed by atoms with E-state index in [1.807, 2.05) is 6.07 Å². The van der Waals surface area contributed by atoms with Crippen molar-refractivity contribution in [1.29, 1.82) is 0 Å². The first-order valence-corrected chi connectivity index (χ1v) is 5.28. The Bertz CT molecular complexity index is 512. The van der Waals surface area contributed by atoms with Gasteiger partial charge in [-0.2, -0.15) is 0 Å². The number of hydrogen-bond donors (Lipinski definition) is 1. The zero-order chi connectivity index (χ0) is 10.4. The molecule has 2 N–H and O–H groups in total. The molecule has 0 atom stereocenters. The molecular formula is C12H13FN2. The van der Waals surface area contributed by atoms with E-state index in [0.29, 0.717) is 12.6 Å². The lowest BCUT2D eigenvalue weighted by atomic mass is 10.2. The van der Waals surface area contributed by atoms with Gasteiger partial charge in [0, 0.05) is 29.7 Å². The maximum absolute atomic E-state index is 13.1. The van der Waals surface area contributed by atoms with Crippen LogP contribution in [0.25, 0.3) is 10.9 Å². The van der Waals surface area contributed by atoms with Crippen LogP contribution >= 0.6 is 0 Å². The summed E-state index contributed by atoms with van der Waals surface area (Å²) in [5, 5.41) is 0.962. The molecule has 0 bridgehead atoms. The van der Waals surface area contributed by atoms with E-state index in [4.69, 9.17) is 5.73 Å². The van der Waals surface area contributed by atoms with Crippen molar-refractivity contribution in [2.75, 3.05) is 0 Å². The summed E-state index contributed by atoms with van der Waals surface area (Å²) in [5.41, 5.74) is 7.81. The molecule has 1 aromatic heterocycles. The second-order valence-corrected chi connectivity index (χ2v) is 4.16. The van der Waals surface area contributed by atoms with Crippen LogP contribution in [0.15, 0.2) is 24.4 Å². The Balaban J connectivity index is 2.28. The van der Waals surface area contributed by atoms with Crippen molar-refractivity contribution in [3.8, 4) is 0 Å². The van der Waals surface area contributed by atoms with Crippen LogP contribution in [0.4, 0.5) is 4.39 Å². The first-order valence-electron chi connectivity index (χ1n) is 5.28. The van der Waals surface area contributed by atoms with Gasteiger partial charge in [-0.05, 0) is 36.6 Å². The molecule has 0 amide bonds. The SMILES string of the molecule is NCc1cn(C2CC2)c2ccc(F)cc12. The number of hydrogen-bond acceptors (Lipinski definition) is 1. The summed E-state index contributed by atoms with van der Waals surface area (Å²) in [5.74, 6) is -0.189. The van der Waals surface area contributed by atoms with E-state index >= 15 is 0 Å². The molecule has 78 valence electrons. The first kappa shape index (κ1) is 8.92. The summed E-state index contributed by atoms with van der Waals surface area (Å²) >= 11 is 0. The van der Waals surface area contributed by atoms with Crippen molar-refractivity contribution in [3.63, 3.8) is 0 Å². The van der Waals surface area contributed by atoms with Crippen molar-refractivity contribution >= 4 is 10.9 Å². The van der Waals surface area contributed by atoms with Crippen LogP contribution in [-0.4, -0.2) is 4.57 Å². The molecule has 2 aromatic rings. The van der Waals surface area contributed by atoms with E-state index < -0.39 is 0 Å². The predicted octanol–water partition coefficient (Wildman–Crippen LogP) is 2.57. The fourth-order valence-corrected chi connectivity index (χ4v) is 2.12. The molecule has 0 spiro atoms. The van der Waals surface area contributed by atoms with Gasteiger partial charge in [-0.3, -0.25) is 0 Å². The van der Waals surface area contributed by atoms with E-state index in [1.54, 1.807) is 6.07 Å². The monoisotopic (exact) mass is 204 g/mol. The van der Waals surface area contributed by atoms with Gasteiger partial charge in [0.05, 0.1) is 0 Å². The van der Waals surface area contributed by atoms with Gasteiger partial charge in [-0.1, -0.05) is 0 Å². The third-order valence-corrected chi connectivity index (χ3v) is 3.04. The summed E-state index contributed by atoms with van der Waals surface area (Å²) in [6, 6.07) is 5.55. The van der Waals surface area contributed by atoms with Crippen molar-refractivity contribution in [2.24, 2.45) is 5.73 Å². The predicted molar refractivity (Wildman–Crippen MR) is 58.1 cm³/mol. The minimum Gasteiger partial charge on any atom is -0.344 e. The lowest BCUT2D eigenvalue weighted by Gasteiger charge is -2.01. The molecule has 2 nitrogen and oxygen atoms in total. The number of fused-ring (bicyclic) bond motifs is 1. The van der Waals surface area contributed by atoms with Gasteiger partial charge in [0.25, 0.3) is 0 Å². The number of nitrogens with zero attached hydrogens (tertiary/aromatic N) is 1. The van der Waals surface area contributed by atoms with Gasteiger partial charge < -0.3 is 10.3 Å². The minimum absolute atomic E-state index is 0.189. The van der Waals surface area contributed by atoms with E-state index in [9.17, 15) is 4.39 Å². The number of benzene rings is 1. The molecule has 1 aliphatic rings. The second-order valence-electron chi connectivity index (χ2n) is 4.16. The van der Waals surface area contributed by atoms with Gasteiger partial charge in [-0.25, -0.2) is 4.39 Å². The summed E-state index contributed by atoms with van der Waals surface area (Å²) in [4.78, 5) is 0. The highest BCUT2D eigenvalue weighted by atomic mass is 19.1. The minimum atomic E-state index is -0.189. The van der Waals surface area contributed by atoms with Crippen LogP contribution in [0.1, 0.15) is 24.4 Å². The van der Waals surface area contributed by atoms with Crippen molar-refractivity contribution in [1.82, 2.24) is 4.57 Å². The molecular weight excluding hydrogens is 191 g/mol. The Kier molecular flexibility index (Phi) is 1.83. The van der Waals surface area contributed by atoms with E-state index in [1.165, 1.54) is 18.9 Å². The molecule has 1 aliphatic carbocycles. The van der Waals surface area contributed by atoms with Crippen LogP contribution in [0.2, 0.25) is 0 Å². The van der Waals surface area contributed by atoms with Crippen molar-refractivity contribution < 1.29 is 4.39 Å². The molecule has 0 aliphatic heterocycles. The van der Waals surface area contributed by atoms with Gasteiger partial charge >= 0.3 is 0 Å². The average molecular weight is 204 g/mol. The highest BCUT2D eigenvalue weighted by Gasteiger charge is 2.25. The lowest BCUT2D eigenvalue weighted by Crippen LogP contribution is -1.95. The van der Waals surface area contributed by atoms with E-state index in [0.717, 1.165) is 16.5 Å². The number of aromatic nitrogens is 1. The van der Waals surface area contributed by atoms with Crippen LogP contribution in [0, 0.1) is 5.82 Å². The van der Waals surface area contributed by atoms with E-state index in [2.05, 4.69) is 10.8 Å². The Morgan fingerprint density at radius 2 is 2.20 bits per heavy atom. The van der Waals surface area contributed by atoms with Crippen molar-refractivity contribution in [2.45, 2.75) is 25.4 Å². The fraction of sp³-hybridized carbons (Fsp3) is 0.333. The van der Waals surface area contributed by atoms with Gasteiger partial charge in [0.15, 0.2) is 0 Å². The maximum Gasteiger partial charge on any atom is 0.123 e. The molecule has 3 heteroatoms. The summed E-state index contributed by atoms with van der Waals surface area (Å²) in [6.45, 7) is 0.472. The number of rotatable bonds is 2. The normalized spacial score (nSPS) is 16.1. The molecule has 0 unspecified atom stereocenters. The molecule has 0 saturated heterocycles. The Labute approximate surface area is 87.5 Å². The summed E-state index contributed by atoms with van der Waals surface area (Å²) < 4.78 is 15.4. The summed E-state index contributed by atoms with van der Waals surface area (Å²) in [7, 11) is 0. The smallest absolute Gasteiger partial charge is 0.123 e. The molecule has 1 saturated carbocycles. The molecule has 3 rings (SSSR count). The van der Waals surface area contributed by atoms with Crippen molar-refractivity contribution in [3.05, 3.63) is 35.8 Å². The van der Waals surface area contributed by atoms with Crippen LogP contribution in [-0.2, 0) is 6.54 Å². The molecule has 1 heterocycles. The fourth-order valence-electron chi connectivity index (χ4n) is 2.12. The summed E-state index contributed by atoms with van der Waals surface area (Å²) in [6.07, 6.45) is 4.53. The highest BCUT2D eigenvalue weighted by molar-refractivity contribution is 5.84. The lowest BCUT2D eigenvalue weighted by molar-refractivity contribution is 0.629. The van der Waals surface area contributed by atoms with Crippen LogP contribution < -0.4 is 5.73 Å². The molecule has 0 radical (unpaired) electrons. The molecule has 1 aromatic carbocycles. The maximum atomic E-state index is 13.1. The zero-order valence-electron chi connectivity index (χ0n) is 8.41. The molecule has 15 heavy (non-hydrogen) atoms. The topological polar surface area (TPSA) is 30.9 Å².